The smallest absolute Gasteiger partial charge is 0.235 e. The third kappa shape index (κ3) is 1.57. The molecule has 2 aromatic carbocycles. The van der Waals surface area contributed by atoms with Crippen LogP contribution in [0.4, 0.5) is 0 Å². The van der Waals surface area contributed by atoms with Crippen molar-refractivity contribution in [2.24, 2.45) is 0 Å². The van der Waals surface area contributed by atoms with Gasteiger partial charge < -0.3 is 24.8 Å². The molecule has 22 heavy (non-hydrogen) atoms. The van der Waals surface area contributed by atoms with Crippen LogP contribution in [0.15, 0.2) is 17.9 Å². The van der Waals surface area contributed by atoms with Gasteiger partial charge in [-0.15, -0.1) is 0 Å². The zero-order valence-corrected chi connectivity index (χ0v) is 12.2. The molecule has 0 unspecified atom stereocenters. The first-order valence-electron chi connectivity index (χ1n) is 6.50. The van der Waals surface area contributed by atoms with E-state index in [4.69, 9.17) is 9.47 Å². The Morgan fingerprint density at radius 3 is 2.14 bits per heavy atom. The van der Waals surface area contributed by atoms with Crippen LogP contribution in [0.3, 0.4) is 0 Å². The molecule has 0 fully saturated rings. The minimum absolute atomic E-state index is 0.0805. The van der Waals surface area contributed by atoms with Gasteiger partial charge in [0.2, 0.25) is 11.5 Å². The molecule has 0 saturated carbocycles. The van der Waals surface area contributed by atoms with E-state index in [-0.39, 0.29) is 28.4 Å². The summed E-state index contributed by atoms with van der Waals surface area (Å²) in [4.78, 5) is 12.3. The number of methoxy groups -OCH3 is 2. The number of hydrogen-bond acceptors (Lipinski definition) is 6. The number of ether oxygens (including phenoxy) is 2. The lowest BCUT2D eigenvalue weighted by molar-refractivity contribution is 0.0970. The van der Waals surface area contributed by atoms with Gasteiger partial charge in [-0.3, -0.25) is 4.79 Å². The zero-order valence-electron chi connectivity index (χ0n) is 12.2. The number of rotatable bonds is 2. The standard InChI is InChI=1S/C16H14O6/c1-6-4-7(17)12-13-10(6)9(21-2)5-8(18)11(13)14(19)15(20)16(12)22-3/h4-5,17-18,20H,1-3H3. The first kappa shape index (κ1) is 14.1. The number of aliphatic hydroxyl groups excluding tert-OH is 1. The molecule has 0 atom stereocenters. The summed E-state index contributed by atoms with van der Waals surface area (Å²) in [5, 5.41) is 31.3. The molecule has 0 aromatic heterocycles. The molecule has 0 heterocycles. The van der Waals surface area contributed by atoms with Crippen molar-refractivity contribution in [1.29, 1.82) is 0 Å². The Bertz CT molecular complexity index is 863. The van der Waals surface area contributed by atoms with E-state index in [1.54, 1.807) is 6.92 Å². The molecule has 6 heteroatoms. The molecule has 0 amide bonds. The molecule has 1 aliphatic carbocycles. The molecule has 2 aromatic rings. The Balaban J connectivity index is 2.65. The lowest BCUT2D eigenvalue weighted by Gasteiger charge is -2.23. The van der Waals surface area contributed by atoms with E-state index in [2.05, 4.69) is 0 Å². The Hall–Kier alpha value is -2.89. The van der Waals surface area contributed by atoms with Crippen molar-refractivity contribution in [3.8, 4) is 17.2 Å². The van der Waals surface area contributed by atoms with Gasteiger partial charge in [-0.2, -0.15) is 0 Å². The van der Waals surface area contributed by atoms with Crippen LogP contribution in [-0.4, -0.2) is 35.3 Å². The fourth-order valence-corrected chi connectivity index (χ4v) is 2.92. The number of aromatic hydroxyl groups is 2. The number of hydrogen-bond donors (Lipinski definition) is 3. The number of aryl methyl sites for hydroxylation is 1. The summed E-state index contributed by atoms with van der Waals surface area (Å²) in [5.41, 5.74) is 0.742. The van der Waals surface area contributed by atoms with Crippen molar-refractivity contribution in [2.45, 2.75) is 6.92 Å². The van der Waals surface area contributed by atoms with Gasteiger partial charge in [-0.05, 0) is 18.6 Å². The number of phenols is 2. The summed E-state index contributed by atoms with van der Waals surface area (Å²) in [7, 11) is 2.73. The predicted molar refractivity (Wildman–Crippen MR) is 79.5 cm³/mol. The highest BCUT2D eigenvalue weighted by Crippen LogP contribution is 2.48. The Morgan fingerprint density at radius 1 is 0.909 bits per heavy atom. The third-order valence-electron chi connectivity index (χ3n) is 3.83. The molecular formula is C16H14O6. The van der Waals surface area contributed by atoms with Crippen LogP contribution in [0.2, 0.25) is 0 Å². The molecule has 114 valence electrons. The molecule has 0 bridgehead atoms. The number of carbonyl (C=O) groups excluding carboxylic acids is 1. The third-order valence-corrected chi connectivity index (χ3v) is 3.83. The lowest BCUT2D eigenvalue weighted by atomic mass is 9.86. The van der Waals surface area contributed by atoms with Gasteiger partial charge in [0, 0.05) is 16.8 Å². The van der Waals surface area contributed by atoms with Crippen LogP contribution in [0.5, 0.6) is 17.2 Å². The lowest BCUT2D eigenvalue weighted by Crippen LogP contribution is -2.14. The van der Waals surface area contributed by atoms with Crippen molar-refractivity contribution < 1.29 is 29.6 Å². The summed E-state index contributed by atoms with van der Waals surface area (Å²) in [6.45, 7) is 1.75. The van der Waals surface area contributed by atoms with Crippen molar-refractivity contribution in [3.63, 3.8) is 0 Å². The Labute approximate surface area is 125 Å². The van der Waals surface area contributed by atoms with Crippen LogP contribution in [0.1, 0.15) is 21.5 Å². The topological polar surface area (TPSA) is 96.2 Å². The highest BCUT2D eigenvalue weighted by molar-refractivity contribution is 6.26. The maximum atomic E-state index is 12.3. The molecule has 6 nitrogen and oxygen atoms in total. The van der Waals surface area contributed by atoms with E-state index in [9.17, 15) is 20.1 Å². The molecule has 1 aliphatic rings. The summed E-state index contributed by atoms with van der Waals surface area (Å²) >= 11 is 0. The maximum Gasteiger partial charge on any atom is 0.235 e. The van der Waals surface area contributed by atoms with Crippen molar-refractivity contribution >= 4 is 22.3 Å². The molecule has 0 spiro atoms. The van der Waals surface area contributed by atoms with E-state index in [1.807, 2.05) is 0 Å². The summed E-state index contributed by atoms with van der Waals surface area (Å²) < 4.78 is 10.3. The van der Waals surface area contributed by atoms with Gasteiger partial charge in [0.05, 0.1) is 25.3 Å². The van der Waals surface area contributed by atoms with Gasteiger partial charge in [0.25, 0.3) is 0 Å². The zero-order chi connectivity index (χ0) is 16.2. The van der Waals surface area contributed by atoms with Crippen LogP contribution < -0.4 is 4.74 Å². The number of allylic oxidation sites excluding steroid dienone is 1. The number of ketones is 1. The second-order valence-electron chi connectivity index (χ2n) is 5.02. The second-order valence-corrected chi connectivity index (χ2v) is 5.02. The van der Waals surface area contributed by atoms with E-state index in [1.165, 1.54) is 26.4 Å². The first-order chi connectivity index (χ1) is 10.4. The average molecular weight is 302 g/mol. The number of Topliss-reactive ketones (excluding diaryl/α,β-unsaturated/α-hetero) is 1. The quantitative estimate of drug-likeness (QED) is 0.789. The predicted octanol–water partition coefficient (Wildman–Crippen LogP) is 2.64. The first-order valence-corrected chi connectivity index (χ1v) is 6.50. The van der Waals surface area contributed by atoms with E-state index < -0.39 is 11.5 Å². The number of aliphatic hydroxyl groups is 1. The molecule has 3 rings (SSSR count). The van der Waals surface area contributed by atoms with E-state index in [0.717, 1.165) is 0 Å². The van der Waals surface area contributed by atoms with Crippen LogP contribution in [-0.2, 0) is 4.74 Å². The maximum absolute atomic E-state index is 12.3. The summed E-state index contributed by atoms with van der Waals surface area (Å²) in [6.07, 6.45) is 0. The SMILES string of the molecule is COC1=C(O)C(=O)c2c(O)cc(OC)c3c(C)cc(O)c1c23. The fourth-order valence-electron chi connectivity index (χ4n) is 2.92. The molecule has 0 saturated heterocycles. The van der Waals surface area contributed by atoms with Gasteiger partial charge in [-0.1, -0.05) is 0 Å². The van der Waals surface area contributed by atoms with Gasteiger partial charge >= 0.3 is 0 Å². The van der Waals surface area contributed by atoms with E-state index in [0.29, 0.717) is 22.1 Å². The highest BCUT2D eigenvalue weighted by atomic mass is 16.5. The van der Waals surface area contributed by atoms with Crippen molar-refractivity contribution in [2.75, 3.05) is 14.2 Å². The fraction of sp³-hybridized carbons (Fsp3) is 0.188. The summed E-state index contributed by atoms with van der Waals surface area (Å²) in [5.74, 6) is -1.68. The minimum Gasteiger partial charge on any atom is -0.507 e. The molecular weight excluding hydrogens is 288 g/mol. The highest BCUT2D eigenvalue weighted by Gasteiger charge is 2.34. The summed E-state index contributed by atoms with van der Waals surface area (Å²) in [6, 6.07) is 2.80. The molecule has 0 radical (unpaired) electrons. The number of benzene rings is 2. The monoisotopic (exact) mass is 302 g/mol. The van der Waals surface area contributed by atoms with Crippen molar-refractivity contribution in [3.05, 3.63) is 34.6 Å². The van der Waals surface area contributed by atoms with Crippen molar-refractivity contribution in [1.82, 2.24) is 0 Å². The minimum atomic E-state index is -0.764. The van der Waals surface area contributed by atoms with Crippen LogP contribution >= 0.6 is 0 Å². The largest absolute Gasteiger partial charge is 0.507 e. The van der Waals surface area contributed by atoms with E-state index >= 15 is 0 Å². The molecule has 0 aliphatic heterocycles. The normalized spacial score (nSPS) is 13.7. The van der Waals surface area contributed by atoms with Gasteiger partial charge in [0.15, 0.2) is 5.76 Å². The van der Waals surface area contributed by atoms with Gasteiger partial charge in [0.1, 0.15) is 17.2 Å². The van der Waals surface area contributed by atoms with Gasteiger partial charge in [-0.25, -0.2) is 0 Å². The van der Waals surface area contributed by atoms with Crippen LogP contribution in [0.25, 0.3) is 16.5 Å². The number of phenolic OH excluding ortho intramolecular Hbond substituents is 2. The number of carbonyl (C=O) groups is 1. The second kappa shape index (κ2) is 4.56. The Kier molecular flexibility index (Phi) is 2.91. The Morgan fingerprint density at radius 2 is 1.55 bits per heavy atom. The average Bonchev–Trinajstić information content (AvgIpc) is 2.48. The molecule has 3 N–H and O–H groups in total. The van der Waals surface area contributed by atoms with Crippen LogP contribution in [0, 0.1) is 6.92 Å².